The third kappa shape index (κ3) is 7.34. The number of carbonyl (C=O) groups excluding carboxylic acids is 3. The maximum Gasteiger partial charge on any atom is 0.251 e. The Morgan fingerprint density at radius 1 is 1.16 bits per heavy atom. The molecule has 3 N–H and O–H groups in total. The molecule has 1 aromatic rings. The second kappa shape index (κ2) is 10.5. The van der Waals surface area contributed by atoms with E-state index in [1.54, 1.807) is 26.1 Å². The first kappa shape index (κ1) is 20.6. The average molecular weight is 348 g/mol. The van der Waals surface area contributed by atoms with Crippen molar-refractivity contribution in [2.45, 2.75) is 32.9 Å². The van der Waals surface area contributed by atoms with Gasteiger partial charge in [0, 0.05) is 25.7 Å². The molecule has 0 fully saturated rings. The first-order valence-corrected chi connectivity index (χ1v) is 8.44. The minimum Gasteiger partial charge on any atom is -0.355 e. The molecule has 25 heavy (non-hydrogen) atoms. The van der Waals surface area contributed by atoms with Crippen molar-refractivity contribution in [1.82, 2.24) is 20.9 Å². The molecule has 3 amide bonds. The van der Waals surface area contributed by atoms with E-state index in [1.165, 1.54) is 0 Å². The molecule has 0 unspecified atom stereocenters. The average Bonchev–Trinajstić information content (AvgIpc) is 2.59. The number of hydrogen-bond donors (Lipinski definition) is 3. The lowest BCUT2D eigenvalue weighted by atomic mass is 10.1. The van der Waals surface area contributed by atoms with E-state index < -0.39 is 6.04 Å². The summed E-state index contributed by atoms with van der Waals surface area (Å²) in [5, 5.41) is 8.01. The summed E-state index contributed by atoms with van der Waals surface area (Å²) in [6.07, 6.45) is 0.855. The predicted octanol–water partition coefficient (Wildman–Crippen LogP) is 0.509. The number of hydrogen-bond acceptors (Lipinski definition) is 4. The third-order valence-electron chi connectivity index (χ3n) is 3.63. The Kier molecular flexibility index (Phi) is 8.63. The monoisotopic (exact) mass is 348 g/mol. The SMILES string of the molecule is CCCNC(=O)[C@H](C)NC(=O)CN(C)Cc1ccc(C(=O)NC)cc1. The molecular formula is C18H28N4O3. The maximum absolute atomic E-state index is 12.0. The van der Waals surface area contributed by atoms with Gasteiger partial charge in [-0.2, -0.15) is 0 Å². The van der Waals surface area contributed by atoms with Crippen molar-refractivity contribution in [3.05, 3.63) is 35.4 Å². The molecular weight excluding hydrogens is 320 g/mol. The minimum absolute atomic E-state index is 0.130. The number of amides is 3. The van der Waals surface area contributed by atoms with Crippen molar-refractivity contribution in [3.8, 4) is 0 Å². The van der Waals surface area contributed by atoms with Gasteiger partial charge in [-0.25, -0.2) is 0 Å². The van der Waals surface area contributed by atoms with Gasteiger partial charge in [0.2, 0.25) is 11.8 Å². The molecule has 7 heteroatoms. The van der Waals surface area contributed by atoms with E-state index >= 15 is 0 Å². The standard InChI is InChI=1S/C18H28N4O3/c1-5-10-20-17(24)13(2)21-16(23)12-22(4)11-14-6-8-15(9-7-14)18(25)19-3/h6-9,13H,5,10-12H2,1-4H3,(H,19,25)(H,20,24)(H,21,23)/t13-/m0/s1. The van der Waals surface area contributed by atoms with Crippen LogP contribution >= 0.6 is 0 Å². The van der Waals surface area contributed by atoms with E-state index in [-0.39, 0.29) is 24.3 Å². The Balaban J connectivity index is 2.45. The van der Waals surface area contributed by atoms with Gasteiger partial charge in [0.1, 0.15) is 6.04 Å². The zero-order chi connectivity index (χ0) is 18.8. The van der Waals surface area contributed by atoms with Gasteiger partial charge in [-0.3, -0.25) is 19.3 Å². The fourth-order valence-electron chi connectivity index (χ4n) is 2.27. The Morgan fingerprint density at radius 2 is 1.80 bits per heavy atom. The Morgan fingerprint density at radius 3 is 2.36 bits per heavy atom. The summed E-state index contributed by atoms with van der Waals surface area (Å²) < 4.78 is 0. The molecule has 0 radical (unpaired) electrons. The fraction of sp³-hybridized carbons (Fsp3) is 0.500. The largest absolute Gasteiger partial charge is 0.355 e. The van der Waals surface area contributed by atoms with E-state index in [0.29, 0.717) is 18.7 Å². The lowest BCUT2D eigenvalue weighted by Gasteiger charge is -2.19. The fourth-order valence-corrected chi connectivity index (χ4v) is 2.27. The smallest absolute Gasteiger partial charge is 0.251 e. The molecule has 1 atom stereocenters. The lowest BCUT2D eigenvalue weighted by molar-refractivity contribution is -0.129. The van der Waals surface area contributed by atoms with Crippen LogP contribution in [0, 0.1) is 0 Å². The van der Waals surface area contributed by atoms with Crippen molar-refractivity contribution in [2.75, 3.05) is 27.2 Å². The molecule has 1 aromatic carbocycles. The summed E-state index contributed by atoms with van der Waals surface area (Å²) in [5.41, 5.74) is 1.59. The number of rotatable bonds is 9. The Hall–Kier alpha value is -2.41. The zero-order valence-corrected chi connectivity index (χ0v) is 15.4. The number of nitrogens with one attached hydrogen (secondary N) is 3. The summed E-state index contributed by atoms with van der Waals surface area (Å²) in [5.74, 6) is -0.513. The number of likely N-dealkylation sites (N-methyl/N-ethyl adjacent to an activating group) is 1. The van der Waals surface area contributed by atoms with Gasteiger partial charge < -0.3 is 16.0 Å². The maximum atomic E-state index is 12.0. The summed E-state index contributed by atoms with van der Waals surface area (Å²) in [7, 11) is 3.42. The summed E-state index contributed by atoms with van der Waals surface area (Å²) in [6, 6.07) is 6.67. The number of nitrogens with zero attached hydrogens (tertiary/aromatic N) is 1. The van der Waals surface area contributed by atoms with Crippen molar-refractivity contribution in [2.24, 2.45) is 0 Å². The molecule has 0 aliphatic rings. The van der Waals surface area contributed by atoms with Crippen LogP contribution in [-0.2, 0) is 16.1 Å². The van der Waals surface area contributed by atoms with Gasteiger partial charge in [-0.1, -0.05) is 19.1 Å². The number of carbonyl (C=O) groups is 3. The zero-order valence-electron chi connectivity index (χ0n) is 15.4. The van der Waals surface area contributed by atoms with Gasteiger partial charge in [-0.05, 0) is 38.1 Å². The normalized spacial score (nSPS) is 11.7. The second-order valence-corrected chi connectivity index (χ2v) is 6.03. The molecule has 0 bridgehead atoms. The van der Waals surface area contributed by atoms with Crippen molar-refractivity contribution < 1.29 is 14.4 Å². The summed E-state index contributed by atoms with van der Waals surface area (Å²) >= 11 is 0. The van der Waals surface area contributed by atoms with Crippen LogP contribution in [0.15, 0.2) is 24.3 Å². The van der Waals surface area contributed by atoms with Crippen LogP contribution in [0.2, 0.25) is 0 Å². The van der Waals surface area contributed by atoms with Crippen LogP contribution in [-0.4, -0.2) is 55.8 Å². The predicted molar refractivity (Wildman–Crippen MR) is 97.1 cm³/mol. The molecule has 1 rings (SSSR count). The van der Waals surface area contributed by atoms with Crippen molar-refractivity contribution >= 4 is 17.7 Å². The highest BCUT2D eigenvalue weighted by Gasteiger charge is 2.16. The van der Waals surface area contributed by atoms with Gasteiger partial charge in [0.05, 0.1) is 6.54 Å². The topological polar surface area (TPSA) is 90.5 Å². The van der Waals surface area contributed by atoms with Gasteiger partial charge in [-0.15, -0.1) is 0 Å². The third-order valence-corrected chi connectivity index (χ3v) is 3.63. The quantitative estimate of drug-likeness (QED) is 0.606. The molecule has 0 heterocycles. The van der Waals surface area contributed by atoms with E-state index in [2.05, 4.69) is 16.0 Å². The van der Waals surface area contributed by atoms with Crippen LogP contribution in [0.5, 0.6) is 0 Å². The first-order chi connectivity index (χ1) is 11.9. The molecule has 0 saturated heterocycles. The van der Waals surface area contributed by atoms with E-state index in [9.17, 15) is 14.4 Å². The summed E-state index contributed by atoms with van der Waals surface area (Å²) in [4.78, 5) is 37.1. The molecule has 0 aliphatic heterocycles. The lowest BCUT2D eigenvalue weighted by Crippen LogP contribution is -2.47. The van der Waals surface area contributed by atoms with E-state index in [4.69, 9.17) is 0 Å². The van der Waals surface area contributed by atoms with Crippen molar-refractivity contribution in [3.63, 3.8) is 0 Å². The number of benzene rings is 1. The second-order valence-electron chi connectivity index (χ2n) is 6.03. The highest BCUT2D eigenvalue weighted by Crippen LogP contribution is 2.06. The molecule has 7 nitrogen and oxygen atoms in total. The summed E-state index contributed by atoms with van der Waals surface area (Å²) in [6.45, 7) is 4.99. The van der Waals surface area contributed by atoms with E-state index in [0.717, 1.165) is 12.0 Å². The minimum atomic E-state index is -0.556. The highest BCUT2D eigenvalue weighted by atomic mass is 16.2. The molecule has 0 spiro atoms. The highest BCUT2D eigenvalue weighted by molar-refractivity contribution is 5.94. The molecule has 138 valence electrons. The van der Waals surface area contributed by atoms with Crippen LogP contribution in [0.1, 0.15) is 36.2 Å². The van der Waals surface area contributed by atoms with Crippen LogP contribution in [0.4, 0.5) is 0 Å². The van der Waals surface area contributed by atoms with Crippen LogP contribution in [0.25, 0.3) is 0 Å². The molecule has 0 aromatic heterocycles. The molecule has 0 aliphatic carbocycles. The first-order valence-electron chi connectivity index (χ1n) is 8.44. The van der Waals surface area contributed by atoms with Crippen LogP contribution in [0.3, 0.4) is 0 Å². The van der Waals surface area contributed by atoms with Crippen molar-refractivity contribution in [1.29, 1.82) is 0 Å². The Labute approximate surface area is 149 Å². The Bertz CT molecular complexity index is 586. The van der Waals surface area contributed by atoms with Gasteiger partial charge >= 0.3 is 0 Å². The van der Waals surface area contributed by atoms with E-state index in [1.807, 2.05) is 31.0 Å². The van der Waals surface area contributed by atoms with Gasteiger partial charge in [0.25, 0.3) is 5.91 Å². The van der Waals surface area contributed by atoms with Crippen LogP contribution < -0.4 is 16.0 Å². The molecule has 0 saturated carbocycles. The van der Waals surface area contributed by atoms with Gasteiger partial charge in [0.15, 0.2) is 0 Å².